The lowest BCUT2D eigenvalue weighted by atomic mass is 9.94. The lowest BCUT2D eigenvalue weighted by Gasteiger charge is -2.24. The van der Waals surface area contributed by atoms with Crippen LogP contribution in [0.1, 0.15) is 28.4 Å². The molecule has 1 aliphatic rings. The van der Waals surface area contributed by atoms with E-state index in [1.54, 1.807) is 0 Å². The van der Waals surface area contributed by atoms with E-state index in [1.807, 2.05) is 6.07 Å². The van der Waals surface area contributed by atoms with Crippen LogP contribution in [0.2, 0.25) is 0 Å². The molecular formula is C20H19N3O. The van der Waals surface area contributed by atoms with Gasteiger partial charge >= 0.3 is 0 Å². The first-order valence-corrected chi connectivity index (χ1v) is 8.45. The van der Waals surface area contributed by atoms with Gasteiger partial charge in [0.15, 0.2) is 12.0 Å². The molecule has 0 saturated carbocycles. The molecule has 24 heavy (non-hydrogen) atoms. The minimum absolute atomic E-state index is 0.275. The maximum Gasteiger partial charge on any atom is 0.181 e. The Balaban J connectivity index is 1.59. The molecule has 0 aliphatic carbocycles. The standard InChI is InChI=1S/C20H19N3O/c1-12-5-6-16-15(9-12)14-7-8-21-18(19(14)23-16)10-13-3-2-4-17-20(13)24-11-22-17/h2-6,9,11,18,21,23H,7-8,10H2,1H3. The van der Waals surface area contributed by atoms with Crippen molar-refractivity contribution in [1.29, 1.82) is 0 Å². The van der Waals surface area contributed by atoms with E-state index in [2.05, 4.69) is 52.5 Å². The van der Waals surface area contributed by atoms with Gasteiger partial charge in [-0.1, -0.05) is 23.8 Å². The van der Waals surface area contributed by atoms with Crippen LogP contribution in [-0.2, 0) is 12.8 Å². The number of nitrogens with one attached hydrogen (secondary N) is 2. The molecule has 0 saturated heterocycles. The highest BCUT2D eigenvalue weighted by atomic mass is 16.3. The zero-order valence-electron chi connectivity index (χ0n) is 13.6. The summed E-state index contributed by atoms with van der Waals surface area (Å²) in [7, 11) is 0. The third-order valence-corrected chi connectivity index (χ3v) is 5.07. The van der Waals surface area contributed by atoms with Crippen LogP contribution in [0.15, 0.2) is 47.2 Å². The van der Waals surface area contributed by atoms with Gasteiger partial charge in [-0.15, -0.1) is 0 Å². The zero-order chi connectivity index (χ0) is 16.1. The lowest BCUT2D eigenvalue weighted by Crippen LogP contribution is -2.31. The van der Waals surface area contributed by atoms with Crippen LogP contribution in [0.5, 0.6) is 0 Å². The molecule has 2 aromatic carbocycles. The number of H-pyrrole nitrogens is 1. The predicted molar refractivity (Wildman–Crippen MR) is 95.2 cm³/mol. The summed E-state index contributed by atoms with van der Waals surface area (Å²) in [5, 5.41) is 5.03. The summed E-state index contributed by atoms with van der Waals surface area (Å²) in [6.07, 6.45) is 3.49. The van der Waals surface area contributed by atoms with Crippen LogP contribution in [-0.4, -0.2) is 16.5 Å². The molecule has 0 amide bonds. The van der Waals surface area contributed by atoms with E-state index in [1.165, 1.54) is 39.7 Å². The molecule has 5 rings (SSSR count). The Kier molecular flexibility index (Phi) is 3.00. The van der Waals surface area contributed by atoms with Gasteiger partial charge in [0, 0.05) is 16.6 Å². The summed E-state index contributed by atoms with van der Waals surface area (Å²) in [6.45, 7) is 3.16. The first kappa shape index (κ1) is 13.8. The Bertz CT molecular complexity index is 1040. The summed E-state index contributed by atoms with van der Waals surface area (Å²) < 4.78 is 5.60. The number of rotatable bonds is 2. The van der Waals surface area contributed by atoms with Gasteiger partial charge in [-0.25, -0.2) is 4.98 Å². The predicted octanol–water partition coefficient (Wildman–Crippen LogP) is 4.05. The van der Waals surface area contributed by atoms with Gasteiger partial charge in [0.1, 0.15) is 5.52 Å². The third kappa shape index (κ3) is 2.07. The molecule has 0 radical (unpaired) electrons. The maximum atomic E-state index is 5.60. The first-order valence-electron chi connectivity index (χ1n) is 8.45. The van der Waals surface area contributed by atoms with E-state index < -0.39 is 0 Å². The molecule has 0 fully saturated rings. The van der Waals surface area contributed by atoms with E-state index >= 15 is 0 Å². The summed E-state index contributed by atoms with van der Waals surface area (Å²) >= 11 is 0. The molecule has 1 unspecified atom stereocenters. The highest BCUT2D eigenvalue weighted by Crippen LogP contribution is 2.33. The number of oxazole rings is 1. The highest BCUT2D eigenvalue weighted by molar-refractivity contribution is 5.86. The zero-order valence-corrected chi connectivity index (χ0v) is 13.6. The van der Waals surface area contributed by atoms with Crippen LogP contribution in [0, 0.1) is 6.92 Å². The van der Waals surface area contributed by atoms with Crippen LogP contribution in [0.4, 0.5) is 0 Å². The fourth-order valence-corrected chi connectivity index (χ4v) is 3.92. The molecule has 4 heteroatoms. The number of hydrogen-bond donors (Lipinski definition) is 2. The van der Waals surface area contributed by atoms with E-state index in [9.17, 15) is 0 Å². The first-order chi connectivity index (χ1) is 11.8. The Morgan fingerprint density at radius 2 is 2.21 bits per heavy atom. The van der Waals surface area contributed by atoms with Gasteiger partial charge < -0.3 is 14.7 Å². The summed E-state index contributed by atoms with van der Waals surface area (Å²) in [6, 6.07) is 13.1. The van der Waals surface area contributed by atoms with Crippen molar-refractivity contribution in [3.05, 3.63) is 65.2 Å². The maximum absolute atomic E-state index is 5.60. The number of nitrogens with zero attached hydrogens (tertiary/aromatic N) is 1. The fraction of sp³-hybridized carbons (Fsp3) is 0.250. The van der Waals surface area contributed by atoms with E-state index in [0.29, 0.717) is 0 Å². The monoisotopic (exact) mass is 317 g/mol. The molecule has 4 nitrogen and oxygen atoms in total. The van der Waals surface area contributed by atoms with Gasteiger partial charge in [-0.3, -0.25) is 0 Å². The van der Waals surface area contributed by atoms with Crippen molar-refractivity contribution in [3.8, 4) is 0 Å². The second kappa shape index (κ2) is 5.21. The van der Waals surface area contributed by atoms with Gasteiger partial charge in [0.2, 0.25) is 0 Å². The second-order valence-corrected chi connectivity index (χ2v) is 6.64. The van der Waals surface area contributed by atoms with Gasteiger partial charge in [0.25, 0.3) is 0 Å². The van der Waals surface area contributed by atoms with Crippen LogP contribution in [0.3, 0.4) is 0 Å². The second-order valence-electron chi connectivity index (χ2n) is 6.64. The van der Waals surface area contributed by atoms with E-state index in [0.717, 1.165) is 30.5 Å². The quantitative estimate of drug-likeness (QED) is 0.586. The molecule has 120 valence electrons. The SMILES string of the molecule is Cc1ccc2[nH]c3c(c2c1)CCNC3Cc1cccc2ncoc12. The topological polar surface area (TPSA) is 53.9 Å². The molecule has 2 N–H and O–H groups in total. The average molecular weight is 317 g/mol. The molecule has 4 aromatic rings. The number of aromatic nitrogens is 2. The van der Waals surface area contributed by atoms with Crippen LogP contribution >= 0.6 is 0 Å². The minimum Gasteiger partial charge on any atom is -0.443 e. The number of fused-ring (bicyclic) bond motifs is 4. The molecule has 0 bridgehead atoms. The van der Waals surface area contributed by atoms with Crippen molar-refractivity contribution < 1.29 is 4.42 Å². The number of benzene rings is 2. The molecule has 1 atom stereocenters. The summed E-state index contributed by atoms with van der Waals surface area (Å²) in [5.74, 6) is 0. The number of aryl methyl sites for hydroxylation is 1. The van der Waals surface area contributed by atoms with E-state index in [4.69, 9.17) is 4.42 Å². The Morgan fingerprint density at radius 1 is 1.25 bits per heavy atom. The van der Waals surface area contributed by atoms with Crippen LogP contribution in [0.25, 0.3) is 22.0 Å². The highest BCUT2D eigenvalue weighted by Gasteiger charge is 2.25. The van der Waals surface area contributed by atoms with Gasteiger partial charge in [-0.2, -0.15) is 0 Å². The molecule has 2 aromatic heterocycles. The van der Waals surface area contributed by atoms with Crippen molar-refractivity contribution >= 4 is 22.0 Å². The van der Waals surface area contributed by atoms with Crippen molar-refractivity contribution in [2.75, 3.05) is 6.54 Å². The smallest absolute Gasteiger partial charge is 0.181 e. The Hall–Kier alpha value is -2.59. The van der Waals surface area contributed by atoms with E-state index in [-0.39, 0.29) is 6.04 Å². The molecule has 1 aliphatic heterocycles. The lowest BCUT2D eigenvalue weighted by molar-refractivity contribution is 0.492. The average Bonchev–Trinajstić information content (AvgIpc) is 3.20. The van der Waals surface area contributed by atoms with Gasteiger partial charge in [-0.05, 0) is 55.6 Å². The summed E-state index contributed by atoms with van der Waals surface area (Å²) in [4.78, 5) is 7.91. The number of aromatic amines is 1. The van der Waals surface area contributed by atoms with Crippen molar-refractivity contribution in [2.24, 2.45) is 0 Å². The number of hydrogen-bond acceptors (Lipinski definition) is 3. The fourth-order valence-electron chi connectivity index (χ4n) is 3.92. The third-order valence-electron chi connectivity index (χ3n) is 5.07. The van der Waals surface area contributed by atoms with Crippen molar-refractivity contribution in [2.45, 2.75) is 25.8 Å². The molecular weight excluding hydrogens is 298 g/mol. The molecule has 0 spiro atoms. The normalized spacial score (nSPS) is 17.5. The summed E-state index contributed by atoms with van der Waals surface area (Å²) in [5.41, 5.74) is 8.35. The Labute approximate surface area is 139 Å². The molecule has 3 heterocycles. The van der Waals surface area contributed by atoms with Crippen LogP contribution < -0.4 is 5.32 Å². The van der Waals surface area contributed by atoms with Crippen molar-refractivity contribution in [3.63, 3.8) is 0 Å². The van der Waals surface area contributed by atoms with Crippen molar-refractivity contribution in [1.82, 2.24) is 15.3 Å². The largest absolute Gasteiger partial charge is 0.443 e. The number of para-hydroxylation sites is 1. The Morgan fingerprint density at radius 3 is 3.17 bits per heavy atom. The van der Waals surface area contributed by atoms with Gasteiger partial charge in [0.05, 0.1) is 6.04 Å². The minimum atomic E-state index is 0.275.